The molecular weight excluding hydrogens is 444 g/mol. The van der Waals surface area contributed by atoms with Gasteiger partial charge in [-0.3, -0.25) is 14.5 Å². The highest BCUT2D eigenvalue weighted by Gasteiger charge is 2.25. The van der Waals surface area contributed by atoms with Crippen LogP contribution in [0.1, 0.15) is 78.6 Å². The van der Waals surface area contributed by atoms with Crippen LogP contribution < -0.4 is 5.32 Å². The van der Waals surface area contributed by atoms with Gasteiger partial charge in [-0.1, -0.05) is 5.21 Å². The molecule has 1 saturated carbocycles. The lowest BCUT2D eigenvalue weighted by Gasteiger charge is -2.18. The number of hydrogen-bond donors (Lipinski definition) is 3. The van der Waals surface area contributed by atoms with Crippen molar-refractivity contribution in [2.45, 2.75) is 70.6 Å². The van der Waals surface area contributed by atoms with Crippen molar-refractivity contribution in [3.63, 3.8) is 0 Å². The minimum absolute atomic E-state index is 0.240. The molecule has 4 aromatic rings. The zero-order valence-electron chi connectivity index (χ0n) is 20.0. The van der Waals surface area contributed by atoms with Gasteiger partial charge in [0, 0.05) is 23.8 Å². The van der Waals surface area contributed by atoms with Crippen molar-refractivity contribution in [2.75, 3.05) is 0 Å². The highest BCUT2D eigenvalue weighted by atomic mass is 16.3. The fourth-order valence-corrected chi connectivity index (χ4v) is 4.04. The number of amides is 1. The molecule has 0 aromatic carbocycles. The lowest BCUT2D eigenvalue weighted by atomic mass is 9.99. The third-order valence-electron chi connectivity index (χ3n) is 6.26. The number of H-pyrrole nitrogens is 1. The first-order valence-corrected chi connectivity index (χ1v) is 12.1. The number of pyridine rings is 1. The molecule has 10 nitrogen and oxygen atoms in total. The molecule has 4 heterocycles. The van der Waals surface area contributed by atoms with Gasteiger partial charge >= 0.3 is 0 Å². The van der Waals surface area contributed by atoms with E-state index in [2.05, 4.69) is 47.9 Å². The van der Waals surface area contributed by atoms with E-state index < -0.39 is 5.60 Å². The first-order chi connectivity index (χ1) is 16.8. The maximum atomic E-state index is 12.5. The van der Waals surface area contributed by atoms with E-state index in [1.54, 1.807) is 43.1 Å². The number of fused-ring (bicyclic) bond motifs is 1. The summed E-state index contributed by atoms with van der Waals surface area (Å²) < 4.78 is 1.69. The summed E-state index contributed by atoms with van der Waals surface area (Å²) in [5.41, 5.74) is 3.82. The molecule has 0 aliphatic heterocycles. The number of hydrogen-bond acceptors (Lipinski definition) is 7. The number of aliphatic hydroxyl groups is 1. The standard InChI is InChI=1S/C25H30N8O2/c1-25(2,35)18-8-9-26-20(13-18)14-27-24(34)22-15-33(32-30-22)10-4-3-5-19-11-17-12-21(16-6-7-16)28-23(17)31-29-19/h8-9,11-13,15-16,35H,3-7,10,14H2,1-2H3,(H,27,34)(H,28,31). The van der Waals surface area contributed by atoms with Gasteiger partial charge in [0.1, 0.15) is 0 Å². The van der Waals surface area contributed by atoms with E-state index in [0.29, 0.717) is 18.2 Å². The van der Waals surface area contributed by atoms with Gasteiger partial charge in [0.2, 0.25) is 0 Å². The molecule has 0 bridgehead atoms. The third-order valence-corrected chi connectivity index (χ3v) is 6.26. The average molecular weight is 475 g/mol. The number of aromatic amines is 1. The number of unbranched alkanes of at least 4 members (excludes halogenated alkanes) is 1. The summed E-state index contributed by atoms with van der Waals surface area (Å²) in [5, 5.41) is 30.8. The second-order valence-corrected chi connectivity index (χ2v) is 9.74. The number of aromatic nitrogens is 7. The van der Waals surface area contributed by atoms with E-state index >= 15 is 0 Å². The second kappa shape index (κ2) is 9.53. The second-order valence-electron chi connectivity index (χ2n) is 9.74. The Morgan fingerprint density at radius 1 is 1.17 bits per heavy atom. The number of nitrogens with one attached hydrogen (secondary N) is 2. The molecule has 1 aliphatic rings. The van der Waals surface area contributed by atoms with Gasteiger partial charge < -0.3 is 15.4 Å². The maximum Gasteiger partial charge on any atom is 0.273 e. The van der Waals surface area contributed by atoms with Crippen LogP contribution in [0.25, 0.3) is 11.0 Å². The highest BCUT2D eigenvalue weighted by molar-refractivity contribution is 5.91. The summed E-state index contributed by atoms with van der Waals surface area (Å²) in [6.45, 7) is 4.33. The molecule has 182 valence electrons. The van der Waals surface area contributed by atoms with Crippen molar-refractivity contribution < 1.29 is 9.90 Å². The van der Waals surface area contributed by atoms with Crippen LogP contribution in [-0.4, -0.2) is 46.2 Å². The van der Waals surface area contributed by atoms with Gasteiger partial charge in [0.25, 0.3) is 5.91 Å². The maximum absolute atomic E-state index is 12.5. The first-order valence-electron chi connectivity index (χ1n) is 12.1. The predicted molar refractivity (Wildman–Crippen MR) is 129 cm³/mol. The molecule has 0 saturated heterocycles. The molecule has 10 heteroatoms. The van der Waals surface area contributed by atoms with Gasteiger partial charge in [0.15, 0.2) is 11.3 Å². The van der Waals surface area contributed by atoms with Crippen molar-refractivity contribution in [1.82, 2.24) is 40.5 Å². The van der Waals surface area contributed by atoms with E-state index in [9.17, 15) is 9.90 Å². The molecule has 35 heavy (non-hydrogen) atoms. The van der Waals surface area contributed by atoms with Crippen LogP contribution >= 0.6 is 0 Å². The fraction of sp³-hybridized carbons (Fsp3) is 0.440. The molecule has 1 amide bonds. The van der Waals surface area contributed by atoms with Crippen molar-refractivity contribution in [2.24, 2.45) is 0 Å². The van der Waals surface area contributed by atoms with Crippen molar-refractivity contribution >= 4 is 16.9 Å². The zero-order chi connectivity index (χ0) is 24.4. The van der Waals surface area contributed by atoms with E-state index in [1.165, 1.54) is 18.5 Å². The Balaban J connectivity index is 1.08. The van der Waals surface area contributed by atoms with Gasteiger partial charge in [-0.2, -0.15) is 5.10 Å². The Kier molecular flexibility index (Phi) is 6.29. The SMILES string of the molecule is CC(C)(O)c1ccnc(CNC(=O)c2cn(CCCCc3cc4cc(C5CC5)[nH]c4nn3)nn2)c1. The smallest absolute Gasteiger partial charge is 0.273 e. The number of aryl methyl sites for hydroxylation is 2. The van der Waals surface area contributed by atoms with Gasteiger partial charge in [-0.05, 0) is 81.7 Å². The molecule has 1 aliphatic carbocycles. The Hall–Kier alpha value is -3.66. The Morgan fingerprint density at radius 3 is 2.83 bits per heavy atom. The van der Waals surface area contributed by atoms with Crippen molar-refractivity contribution in [1.29, 1.82) is 0 Å². The van der Waals surface area contributed by atoms with Crippen molar-refractivity contribution in [3.8, 4) is 0 Å². The number of nitrogens with zero attached hydrogens (tertiary/aromatic N) is 6. The Labute approximate surface area is 203 Å². The largest absolute Gasteiger partial charge is 0.386 e. The van der Waals surface area contributed by atoms with Crippen LogP contribution in [0.2, 0.25) is 0 Å². The number of carbonyl (C=O) groups is 1. The summed E-state index contributed by atoms with van der Waals surface area (Å²) >= 11 is 0. The normalized spacial score (nSPS) is 13.9. The van der Waals surface area contributed by atoms with Crippen LogP contribution in [0.4, 0.5) is 0 Å². The lowest BCUT2D eigenvalue weighted by molar-refractivity contribution is 0.0784. The Bertz CT molecular complexity index is 1330. The summed E-state index contributed by atoms with van der Waals surface area (Å²) in [4.78, 5) is 20.1. The van der Waals surface area contributed by atoms with E-state index in [-0.39, 0.29) is 18.1 Å². The van der Waals surface area contributed by atoms with E-state index in [1.807, 2.05) is 0 Å². The summed E-state index contributed by atoms with van der Waals surface area (Å²) in [7, 11) is 0. The first kappa shape index (κ1) is 23.1. The topological polar surface area (TPSA) is 134 Å². The monoisotopic (exact) mass is 474 g/mol. The molecule has 0 unspecified atom stereocenters. The van der Waals surface area contributed by atoms with Gasteiger partial charge in [-0.15, -0.1) is 10.2 Å². The number of rotatable bonds is 10. The van der Waals surface area contributed by atoms with Crippen LogP contribution in [-0.2, 0) is 25.1 Å². The molecule has 0 spiro atoms. The van der Waals surface area contributed by atoms with Crippen molar-refractivity contribution in [3.05, 3.63) is 65.0 Å². The number of carbonyl (C=O) groups excluding carboxylic acids is 1. The van der Waals surface area contributed by atoms with Crippen LogP contribution in [0.3, 0.4) is 0 Å². The molecule has 0 radical (unpaired) electrons. The Morgan fingerprint density at radius 2 is 2.03 bits per heavy atom. The zero-order valence-corrected chi connectivity index (χ0v) is 20.0. The van der Waals surface area contributed by atoms with E-state index in [4.69, 9.17) is 0 Å². The highest BCUT2D eigenvalue weighted by Crippen LogP contribution is 2.40. The lowest BCUT2D eigenvalue weighted by Crippen LogP contribution is -2.24. The van der Waals surface area contributed by atoms with Crippen LogP contribution in [0.5, 0.6) is 0 Å². The van der Waals surface area contributed by atoms with E-state index in [0.717, 1.165) is 41.6 Å². The van der Waals surface area contributed by atoms with Gasteiger partial charge in [-0.25, -0.2) is 0 Å². The molecule has 1 fully saturated rings. The summed E-state index contributed by atoms with van der Waals surface area (Å²) in [5.74, 6) is 0.358. The molecule has 5 rings (SSSR count). The minimum Gasteiger partial charge on any atom is -0.386 e. The summed E-state index contributed by atoms with van der Waals surface area (Å²) in [6.07, 6.45) is 8.45. The quantitative estimate of drug-likeness (QED) is 0.301. The van der Waals surface area contributed by atoms with Gasteiger partial charge in [0.05, 0.1) is 29.7 Å². The molecule has 3 N–H and O–H groups in total. The fourth-order valence-electron chi connectivity index (χ4n) is 4.04. The predicted octanol–water partition coefficient (Wildman–Crippen LogP) is 3.00. The summed E-state index contributed by atoms with van der Waals surface area (Å²) in [6, 6.07) is 7.86. The third kappa shape index (κ3) is 5.71. The van der Waals surface area contributed by atoms with Crippen LogP contribution in [0, 0.1) is 0 Å². The molecular formula is C25H30N8O2. The average Bonchev–Trinajstić information content (AvgIpc) is 3.43. The molecule has 4 aromatic heterocycles. The molecule has 0 atom stereocenters. The van der Waals surface area contributed by atoms with Crippen LogP contribution in [0.15, 0.2) is 36.7 Å². The minimum atomic E-state index is -0.967.